The lowest BCUT2D eigenvalue weighted by molar-refractivity contribution is 0.101. The van der Waals surface area contributed by atoms with Crippen LogP contribution in [0.5, 0.6) is 0 Å². The molecule has 0 unspecified atom stereocenters. The number of benzene rings is 1. The quantitative estimate of drug-likeness (QED) is 0.418. The Hall–Kier alpha value is -1.92. The van der Waals surface area contributed by atoms with Crippen molar-refractivity contribution in [2.75, 3.05) is 0 Å². The summed E-state index contributed by atoms with van der Waals surface area (Å²) in [5.41, 5.74) is 5.43. The Morgan fingerprint density at radius 1 is 1.23 bits per heavy atom. The van der Waals surface area contributed by atoms with Gasteiger partial charge in [-0.15, -0.1) is 21.5 Å². The topological polar surface area (TPSA) is 47.8 Å². The second kappa shape index (κ2) is 7.76. The van der Waals surface area contributed by atoms with Gasteiger partial charge in [-0.2, -0.15) is 0 Å². The Morgan fingerprint density at radius 2 is 2.00 bits per heavy atom. The summed E-state index contributed by atoms with van der Waals surface area (Å²) in [5.74, 6) is 1.83. The van der Waals surface area contributed by atoms with Crippen molar-refractivity contribution in [3.63, 3.8) is 0 Å². The van der Waals surface area contributed by atoms with Crippen LogP contribution in [-0.2, 0) is 12.3 Å². The Labute approximate surface area is 162 Å². The van der Waals surface area contributed by atoms with Gasteiger partial charge >= 0.3 is 0 Å². The molecule has 2 aromatic heterocycles. The minimum absolute atomic E-state index is 0.128. The van der Waals surface area contributed by atoms with E-state index in [-0.39, 0.29) is 5.78 Å². The van der Waals surface area contributed by atoms with Crippen molar-refractivity contribution in [1.82, 2.24) is 14.8 Å². The molecule has 0 bridgehead atoms. The Bertz CT molecular complexity index is 943. The standard InChI is InChI=1S/C20H23N3OS2/c1-6-23-19(17-8-7-9-25-17)21-22-20(23)26-11-16-12(2)10-13(3)18(14(16)4)15(5)24/h7-10H,6,11H2,1-5H3. The molecular formula is C20H23N3OS2. The second-order valence-electron chi connectivity index (χ2n) is 6.36. The van der Waals surface area contributed by atoms with Crippen LogP contribution in [0.15, 0.2) is 28.7 Å². The maximum Gasteiger partial charge on any atom is 0.191 e. The number of rotatable bonds is 6. The molecule has 1 aromatic carbocycles. The molecule has 0 radical (unpaired) electrons. The summed E-state index contributed by atoms with van der Waals surface area (Å²) in [4.78, 5) is 13.2. The number of Topliss-reactive ketones (excluding diaryl/α,β-unsaturated/α-hetero) is 1. The SMILES string of the molecule is CCn1c(SCc2c(C)cc(C)c(C(C)=O)c2C)nnc1-c1cccs1. The summed E-state index contributed by atoms with van der Waals surface area (Å²) in [6.45, 7) is 10.8. The van der Waals surface area contributed by atoms with Gasteiger partial charge in [0.25, 0.3) is 0 Å². The molecule has 0 aliphatic heterocycles. The maximum atomic E-state index is 12.0. The molecule has 2 heterocycles. The Balaban J connectivity index is 1.91. The lowest BCUT2D eigenvalue weighted by Gasteiger charge is -2.15. The zero-order valence-corrected chi connectivity index (χ0v) is 17.4. The van der Waals surface area contributed by atoms with Gasteiger partial charge in [0, 0.05) is 17.9 Å². The van der Waals surface area contributed by atoms with Crippen molar-refractivity contribution in [2.24, 2.45) is 0 Å². The third kappa shape index (κ3) is 3.48. The molecule has 6 heteroatoms. The molecule has 0 N–H and O–H groups in total. The molecule has 3 rings (SSSR count). The van der Waals surface area contributed by atoms with Crippen LogP contribution < -0.4 is 0 Å². The first-order valence-corrected chi connectivity index (χ1v) is 10.5. The number of aromatic nitrogens is 3. The molecular weight excluding hydrogens is 362 g/mol. The molecule has 0 spiro atoms. The molecule has 26 heavy (non-hydrogen) atoms. The highest BCUT2D eigenvalue weighted by Gasteiger charge is 2.17. The highest BCUT2D eigenvalue weighted by atomic mass is 32.2. The van der Waals surface area contributed by atoms with Crippen molar-refractivity contribution in [2.45, 2.75) is 52.1 Å². The van der Waals surface area contributed by atoms with E-state index in [0.29, 0.717) is 0 Å². The zero-order valence-electron chi connectivity index (χ0n) is 15.8. The number of ketones is 1. The first kappa shape index (κ1) is 18.9. The van der Waals surface area contributed by atoms with E-state index in [2.05, 4.69) is 46.1 Å². The fourth-order valence-corrected chi connectivity index (χ4v) is 5.30. The van der Waals surface area contributed by atoms with Gasteiger partial charge in [-0.1, -0.05) is 23.9 Å². The lowest BCUT2D eigenvalue weighted by Crippen LogP contribution is -2.06. The average Bonchev–Trinajstić information content (AvgIpc) is 3.22. The summed E-state index contributed by atoms with van der Waals surface area (Å²) in [5, 5.41) is 11.8. The van der Waals surface area contributed by atoms with Crippen LogP contribution in [-0.4, -0.2) is 20.5 Å². The minimum Gasteiger partial charge on any atom is -0.302 e. The Kier molecular flexibility index (Phi) is 5.63. The number of thioether (sulfide) groups is 1. The molecule has 0 fully saturated rings. The molecule has 136 valence electrons. The van der Waals surface area contributed by atoms with Gasteiger partial charge in [-0.05, 0) is 68.3 Å². The fraction of sp³-hybridized carbons (Fsp3) is 0.350. The predicted molar refractivity (Wildman–Crippen MR) is 109 cm³/mol. The number of hydrogen-bond acceptors (Lipinski definition) is 5. The largest absolute Gasteiger partial charge is 0.302 e. The number of carbonyl (C=O) groups is 1. The van der Waals surface area contributed by atoms with Crippen molar-refractivity contribution in [3.8, 4) is 10.7 Å². The van der Waals surface area contributed by atoms with E-state index >= 15 is 0 Å². The van der Waals surface area contributed by atoms with Gasteiger partial charge in [0.2, 0.25) is 0 Å². The van der Waals surface area contributed by atoms with E-state index in [1.165, 1.54) is 11.1 Å². The van der Waals surface area contributed by atoms with Gasteiger partial charge in [-0.25, -0.2) is 0 Å². The highest BCUT2D eigenvalue weighted by Crippen LogP contribution is 2.31. The van der Waals surface area contributed by atoms with Crippen molar-refractivity contribution in [1.29, 1.82) is 0 Å². The number of thiophene rings is 1. The van der Waals surface area contributed by atoms with Gasteiger partial charge in [0.15, 0.2) is 16.8 Å². The van der Waals surface area contributed by atoms with Gasteiger partial charge in [0.05, 0.1) is 4.88 Å². The molecule has 0 saturated heterocycles. The molecule has 0 aliphatic rings. The summed E-state index contributed by atoms with van der Waals surface area (Å²) < 4.78 is 2.15. The van der Waals surface area contributed by atoms with E-state index in [9.17, 15) is 4.79 Å². The molecule has 0 aliphatic carbocycles. The summed E-state index contributed by atoms with van der Waals surface area (Å²) in [7, 11) is 0. The maximum absolute atomic E-state index is 12.0. The highest BCUT2D eigenvalue weighted by molar-refractivity contribution is 7.98. The number of nitrogens with zero attached hydrogens (tertiary/aromatic N) is 3. The smallest absolute Gasteiger partial charge is 0.191 e. The lowest BCUT2D eigenvalue weighted by atomic mass is 9.92. The van der Waals surface area contributed by atoms with E-state index in [4.69, 9.17) is 0 Å². The summed E-state index contributed by atoms with van der Waals surface area (Å²) in [6.07, 6.45) is 0. The normalized spacial score (nSPS) is 11.1. The van der Waals surface area contributed by atoms with Crippen LogP contribution >= 0.6 is 23.1 Å². The number of aryl methyl sites for hydroxylation is 2. The fourth-order valence-electron chi connectivity index (χ4n) is 3.40. The van der Waals surface area contributed by atoms with E-state index < -0.39 is 0 Å². The van der Waals surface area contributed by atoms with Crippen LogP contribution in [0.3, 0.4) is 0 Å². The van der Waals surface area contributed by atoms with Crippen LogP contribution in [0.2, 0.25) is 0 Å². The second-order valence-corrected chi connectivity index (χ2v) is 8.25. The van der Waals surface area contributed by atoms with Crippen molar-refractivity contribution in [3.05, 3.63) is 51.4 Å². The van der Waals surface area contributed by atoms with Crippen molar-refractivity contribution < 1.29 is 4.79 Å². The third-order valence-corrected chi connectivity index (χ3v) is 6.46. The molecule has 0 amide bonds. The number of carbonyl (C=O) groups excluding carboxylic acids is 1. The monoisotopic (exact) mass is 385 g/mol. The van der Waals surface area contributed by atoms with Gasteiger partial charge < -0.3 is 4.57 Å². The van der Waals surface area contributed by atoms with Crippen LogP contribution in [0.25, 0.3) is 10.7 Å². The summed E-state index contributed by atoms with van der Waals surface area (Å²) in [6, 6.07) is 6.22. The summed E-state index contributed by atoms with van der Waals surface area (Å²) >= 11 is 3.36. The average molecular weight is 386 g/mol. The zero-order chi connectivity index (χ0) is 18.8. The first-order valence-electron chi connectivity index (χ1n) is 8.64. The van der Waals surface area contributed by atoms with Crippen molar-refractivity contribution >= 4 is 28.9 Å². The van der Waals surface area contributed by atoms with Crippen LogP contribution in [0.4, 0.5) is 0 Å². The molecule has 0 saturated carbocycles. The molecule has 4 nitrogen and oxygen atoms in total. The van der Waals surface area contributed by atoms with E-state index in [1.54, 1.807) is 30.0 Å². The van der Waals surface area contributed by atoms with Gasteiger partial charge in [0.1, 0.15) is 0 Å². The third-order valence-electron chi connectivity index (χ3n) is 4.60. The Morgan fingerprint density at radius 3 is 2.62 bits per heavy atom. The molecule has 3 aromatic rings. The van der Waals surface area contributed by atoms with E-state index in [1.807, 2.05) is 19.9 Å². The van der Waals surface area contributed by atoms with Crippen LogP contribution in [0.1, 0.15) is 46.5 Å². The minimum atomic E-state index is 0.128. The van der Waals surface area contributed by atoms with Gasteiger partial charge in [-0.3, -0.25) is 4.79 Å². The molecule has 0 atom stereocenters. The van der Waals surface area contributed by atoms with Crippen LogP contribution in [0, 0.1) is 20.8 Å². The first-order chi connectivity index (χ1) is 12.4. The predicted octanol–water partition coefficient (Wildman–Crippen LogP) is 5.45. The number of hydrogen-bond donors (Lipinski definition) is 0. The van der Waals surface area contributed by atoms with E-state index in [0.717, 1.165) is 44.8 Å².